The molecule has 0 radical (unpaired) electrons. The Kier molecular flexibility index (Phi) is 4.83. The van der Waals surface area contributed by atoms with Crippen LogP contribution < -0.4 is 15.9 Å². The molecule has 1 unspecified atom stereocenters. The van der Waals surface area contributed by atoms with Crippen LogP contribution in [0.15, 0.2) is 40.2 Å². The molecule has 1 aromatic carbocycles. The highest BCUT2D eigenvalue weighted by molar-refractivity contribution is 5.94. The first-order valence-corrected chi connectivity index (χ1v) is 9.50. The van der Waals surface area contributed by atoms with Crippen molar-refractivity contribution in [3.05, 3.63) is 52.2 Å². The molecule has 152 valence electrons. The smallest absolute Gasteiger partial charge is 0.296 e. The van der Waals surface area contributed by atoms with Crippen LogP contribution >= 0.6 is 0 Å². The monoisotopic (exact) mass is 397 g/mol. The molecule has 0 spiro atoms. The van der Waals surface area contributed by atoms with E-state index in [0.717, 1.165) is 5.69 Å². The van der Waals surface area contributed by atoms with Gasteiger partial charge in [0.1, 0.15) is 11.4 Å². The minimum Gasteiger partial charge on any atom is -0.501 e. The summed E-state index contributed by atoms with van der Waals surface area (Å²) in [6, 6.07) is 9.74. The van der Waals surface area contributed by atoms with Gasteiger partial charge in [-0.1, -0.05) is 18.2 Å². The van der Waals surface area contributed by atoms with E-state index in [-0.39, 0.29) is 18.2 Å². The quantitative estimate of drug-likeness (QED) is 0.799. The Balaban J connectivity index is 1.47. The summed E-state index contributed by atoms with van der Waals surface area (Å²) in [5.41, 5.74) is -0.764. The van der Waals surface area contributed by atoms with E-state index in [4.69, 9.17) is 4.74 Å². The molecular weight excluding hydrogens is 374 g/mol. The summed E-state index contributed by atoms with van der Waals surface area (Å²) in [6.45, 7) is 5.11. The molecule has 0 fully saturated rings. The Morgan fingerprint density at radius 3 is 2.86 bits per heavy atom. The van der Waals surface area contributed by atoms with Gasteiger partial charge < -0.3 is 15.2 Å². The Morgan fingerprint density at radius 2 is 2.10 bits per heavy atom. The first kappa shape index (κ1) is 19.1. The van der Waals surface area contributed by atoms with Gasteiger partial charge in [-0.25, -0.2) is 4.98 Å². The molecule has 1 atom stereocenters. The molecule has 2 aliphatic heterocycles. The van der Waals surface area contributed by atoms with Crippen LogP contribution in [0.4, 0.5) is 5.69 Å². The third kappa shape index (κ3) is 3.61. The number of ether oxygens (including phenoxy) is 1. The number of hydrazone groups is 1. The second-order valence-corrected chi connectivity index (χ2v) is 7.60. The molecular formula is C20H23N5O4. The van der Waals surface area contributed by atoms with Crippen LogP contribution in [0, 0.1) is 5.92 Å². The number of rotatable bonds is 4. The van der Waals surface area contributed by atoms with E-state index in [0.29, 0.717) is 25.5 Å². The summed E-state index contributed by atoms with van der Waals surface area (Å²) >= 11 is 0. The van der Waals surface area contributed by atoms with Crippen molar-refractivity contribution in [3.63, 3.8) is 0 Å². The summed E-state index contributed by atoms with van der Waals surface area (Å²) in [7, 11) is 0. The predicted molar refractivity (Wildman–Crippen MR) is 107 cm³/mol. The first-order chi connectivity index (χ1) is 13.9. The lowest BCUT2D eigenvalue weighted by atomic mass is 10.1. The molecule has 2 aromatic rings. The highest BCUT2D eigenvalue weighted by atomic mass is 16.5. The van der Waals surface area contributed by atoms with Crippen LogP contribution in [-0.4, -0.2) is 46.5 Å². The van der Waals surface area contributed by atoms with Gasteiger partial charge in [0.25, 0.3) is 11.5 Å². The van der Waals surface area contributed by atoms with Crippen LogP contribution in [0.1, 0.15) is 30.2 Å². The third-order valence-electron chi connectivity index (χ3n) is 5.08. The SMILES string of the molecule is CC1(C)OCCn2c1nc(C(=O)NCC1C=NN(c3ccccc3)C1)c(O)c2=O. The van der Waals surface area contributed by atoms with E-state index in [2.05, 4.69) is 15.4 Å². The fourth-order valence-electron chi connectivity index (χ4n) is 3.51. The number of para-hydroxylation sites is 1. The van der Waals surface area contributed by atoms with Gasteiger partial charge in [-0.3, -0.25) is 19.2 Å². The van der Waals surface area contributed by atoms with E-state index in [9.17, 15) is 14.7 Å². The van der Waals surface area contributed by atoms with E-state index in [1.807, 2.05) is 35.3 Å². The summed E-state index contributed by atoms with van der Waals surface area (Å²) in [5.74, 6) is -0.917. The fraction of sp³-hybridized carbons (Fsp3) is 0.400. The number of aromatic nitrogens is 2. The predicted octanol–water partition coefficient (Wildman–Crippen LogP) is 1.07. The van der Waals surface area contributed by atoms with Crippen molar-refractivity contribution in [1.82, 2.24) is 14.9 Å². The number of nitrogens with one attached hydrogen (secondary N) is 1. The van der Waals surface area contributed by atoms with Crippen LogP contribution in [0.5, 0.6) is 5.75 Å². The standard InChI is InChI=1S/C20H23N5O4/c1-20(2)19-23-15(16(26)18(28)24(19)8-9-29-20)17(27)21-10-13-11-22-25(12-13)14-6-4-3-5-7-14/h3-7,11,13,26H,8-10,12H2,1-2H3,(H,21,27). The zero-order valence-electron chi connectivity index (χ0n) is 16.3. The number of amides is 1. The van der Waals surface area contributed by atoms with Gasteiger partial charge in [-0.15, -0.1) is 0 Å². The molecule has 1 aromatic heterocycles. The van der Waals surface area contributed by atoms with Crippen molar-refractivity contribution in [1.29, 1.82) is 0 Å². The lowest BCUT2D eigenvalue weighted by Gasteiger charge is -2.32. The lowest BCUT2D eigenvalue weighted by Crippen LogP contribution is -2.42. The topological polar surface area (TPSA) is 109 Å². The van der Waals surface area contributed by atoms with Crippen LogP contribution in [-0.2, 0) is 16.9 Å². The molecule has 9 nitrogen and oxygen atoms in total. The normalized spacial score (nSPS) is 19.8. The lowest BCUT2D eigenvalue weighted by molar-refractivity contribution is -0.0566. The first-order valence-electron chi connectivity index (χ1n) is 9.50. The van der Waals surface area contributed by atoms with Crippen LogP contribution in [0.3, 0.4) is 0 Å². The van der Waals surface area contributed by atoms with Gasteiger partial charge in [-0.05, 0) is 26.0 Å². The Labute approximate surface area is 167 Å². The summed E-state index contributed by atoms with van der Waals surface area (Å²) in [4.78, 5) is 29.4. The molecule has 3 heterocycles. The van der Waals surface area contributed by atoms with Crippen molar-refractivity contribution in [2.24, 2.45) is 11.0 Å². The van der Waals surface area contributed by atoms with Gasteiger partial charge in [0.15, 0.2) is 5.69 Å². The molecule has 0 saturated heterocycles. The third-order valence-corrected chi connectivity index (χ3v) is 5.08. The summed E-state index contributed by atoms with van der Waals surface area (Å²) in [5, 5.41) is 19.2. The van der Waals surface area contributed by atoms with Gasteiger partial charge in [0.2, 0.25) is 5.75 Å². The number of hydrogen-bond acceptors (Lipinski definition) is 7. The second-order valence-electron chi connectivity index (χ2n) is 7.60. The molecule has 2 aliphatic rings. The highest BCUT2D eigenvalue weighted by Gasteiger charge is 2.34. The van der Waals surface area contributed by atoms with Crippen molar-refractivity contribution >= 4 is 17.8 Å². The molecule has 29 heavy (non-hydrogen) atoms. The Hall–Kier alpha value is -3.20. The number of nitrogens with zero attached hydrogens (tertiary/aromatic N) is 4. The van der Waals surface area contributed by atoms with Crippen LogP contribution in [0.2, 0.25) is 0 Å². The number of hydrogen-bond donors (Lipinski definition) is 2. The maximum absolute atomic E-state index is 12.6. The van der Waals surface area contributed by atoms with Crippen molar-refractivity contribution < 1.29 is 14.6 Å². The molecule has 0 aliphatic carbocycles. The van der Waals surface area contributed by atoms with Crippen molar-refractivity contribution in [2.45, 2.75) is 26.0 Å². The molecule has 1 amide bonds. The molecule has 0 saturated carbocycles. The van der Waals surface area contributed by atoms with Gasteiger partial charge in [-0.2, -0.15) is 5.10 Å². The average Bonchev–Trinajstić information content (AvgIpc) is 3.18. The van der Waals surface area contributed by atoms with Crippen LogP contribution in [0.25, 0.3) is 0 Å². The molecule has 0 bridgehead atoms. The van der Waals surface area contributed by atoms with Gasteiger partial charge >= 0.3 is 0 Å². The van der Waals surface area contributed by atoms with Crippen molar-refractivity contribution in [3.8, 4) is 5.75 Å². The van der Waals surface area contributed by atoms with E-state index in [1.165, 1.54) is 4.57 Å². The molecule has 2 N–H and O–H groups in total. The summed E-state index contributed by atoms with van der Waals surface area (Å²) in [6.07, 6.45) is 1.78. The Morgan fingerprint density at radius 1 is 1.34 bits per heavy atom. The molecule has 9 heteroatoms. The minimum atomic E-state index is -0.825. The maximum atomic E-state index is 12.6. The largest absolute Gasteiger partial charge is 0.501 e. The van der Waals surface area contributed by atoms with E-state index < -0.39 is 22.8 Å². The maximum Gasteiger partial charge on any atom is 0.296 e. The number of anilines is 1. The van der Waals surface area contributed by atoms with Gasteiger partial charge in [0.05, 0.1) is 25.4 Å². The highest BCUT2D eigenvalue weighted by Crippen LogP contribution is 2.27. The number of aromatic hydroxyl groups is 1. The number of carbonyl (C=O) groups excluding carboxylic acids is 1. The van der Waals surface area contributed by atoms with E-state index >= 15 is 0 Å². The zero-order valence-corrected chi connectivity index (χ0v) is 16.3. The average molecular weight is 397 g/mol. The fourth-order valence-corrected chi connectivity index (χ4v) is 3.51. The van der Waals surface area contributed by atoms with Crippen molar-refractivity contribution in [2.75, 3.05) is 24.7 Å². The number of carbonyl (C=O) groups is 1. The van der Waals surface area contributed by atoms with Gasteiger partial charge in [0, 0.05) is 18.7 Å². The second kappa shape index (κ2) is 7.32. The minimum absolute atomic E-state index is 0.000188. The Bertz CT molecular complexity index is 1020. The van der Waals surface area contributed by atoms with E-state index in [1.54, 1.807) is 20.1 Å². The zero-order chi connectivity index (χ0) is 20.6. The number of fused-ring (bicyclic) bond motifs is 1. The molecule has 4 rings (SSSR count). The number of benzene rings is 1. The summed E-state index contributed by atoms with van der Waals surface area (Å²) < 4.78 is 7.02.